The Morgan fingerprint density at radius 2 is 2.89 bits per heavy atom. The first-order valence-electron chi connectivity index (χ1n) is 4.02. The minimum Gasteiger partial charge on any atom is -0.384 e. The third-order valence-corrected chi connectivity index (χ3v) is 1.02. The van der Waals surface area contributed by atoms with Crippen LogP contribution in [0.1, 0.15) is 10.5 Å². The molecule has 1 rings (SSSR count). The van der Waals surface area contributed by atoms with Gasteiger partial charge in [0.05, 0.1) is 11.9 Å². The van der Waals surface area contributed by atoms with Gasteiger partial charge in [-0.25, -0.2) is 0 Å². The molecule has 1 aliphatic heterocycles. The first kappa shape index (κ1) is 3.15. The molecule has 0 saturated carbocycles. The Bertz CT molecular complexity index is 254. The van der Waals surface area contributed by atoms with E-state index in [1.807, 2.05) is 0 Å². The van der Waals surface area contributed by atoms with E-state index in [0.717, 1.165) is 0 Å². The number of nitrogens with zero attached hydrogens (tertiary/aromatic N) is 1. The summed E-state index contributed by atoms with van der Waals surface area (Å²) in [5.74, 6) is -0.249. The first-order chi connectivity index (χ1) is 5.49. The highest BCUT2D eigenvalue weighted by molar-refractivity contribution is 6.04. The molecule has 0 atom stereocenters. The van der Waals surface area contributed by atoms with Crippen molar-refractivity contribution in [2.75, 3.05) is 6.98 Å². The van der Waals surface area contributed by atoms with Gasteiger partial charge in [-0.15, -0.1) is 0 Å². The Balaban J connectivity index is 2.68. The number of nitrogens with one attached hydrogen (secondary N) is 1. The molecule has 0 amide bonds. The van der Waals surface area contributed by atoms with Crippen molar-refractivity contribution in [1.82, 2.24) is 5.32 Å². The number of rotatable bonds is 1. The van der Waals surface area contributed by atoms with E-state index in [0.29, 0.717) is 0 Å². The summed E-state index contributed by atoms with van der Waals surface area (Å²) < 4.78 is 20.5. The Morgan fingerprint density at radius 3 is 3.56 bits per heavy atom. The number of carbonyl (C=O) groups is 1. The van der Waals surface area contributed by atoms with Crippen molar-refractivity contribution in [1.29, 1.82) is 0 Å². The number of ketones is 1. The minimum absolute atomic E-state index is 0.0532. The highest BCUT2D eigenvalue weighted by Gasteiger charge is 2.07. The number of carbonyl (C=O) groups excluding carboxylic acids is 1. The Kier molecular flexibility index (Phi) is 0.853. The lowest BCUT2D eigenvalue weighted by molar-refractivity contribution is -0.114. The maximum absolute atomic E-state index is 11.0. The van der Waals surface area contributed by atoms with Crippen molar-refractivity contribution in [3.05, 3.63) is 11.9 Å². The largest absolute Gasteiger partial charge is 0.384 e. The van der Waals surface area contributed by atoms with Crippen molar-refractivity contribution in [2.45, 2.75) is 6.42 Å². The summed E-state index contributed by atoms with van der Waals surface area (Å²) in [4.78, 5) is 14.7. The van der Waals surface area contributed by atoms with Crippen LogP contribution >= 0.6 is 0 Å². The average molecular weight is 127 g/mol. The zero-order valence-electron chi connectivity index (χ0n) is 7.72. The van der Waals surface area contributed by atoms with Gasteiger partial charge in [0.1, 0.15) is 0 Å². The maximum Gasteiger partial charge on any atom is 0.185 e. The minimum atomic E-state index is -2.33. The van der Waals surface area contributed by atoms with Gasteiger partial charge in [-0.3, -0.25) is 9.79 Å². The molecular weight excluding hydrogens is 116 g/mol. The Labute approximate surface area is 57.7 Å². The molecule has 3 nitrogen and oxygen atoms in total. The first-order valence-corrected chi connectivity index (χ1v) is 2.52. The van der Waals surface area contributed by atoms with Crippen LogP contribution in [0.25, 0.3) is 0 Å². The summed E-state index contributed by atoms with van der Waals surface area (Å²) >= 11 is 0. The molecular formula is C6H8N2O. The van der Waals surface area contributed by atoms with Crippen molar-refractivity contribution in [2.24, 2.45) is 4.99 Å². The highest BCUT2D eigenvalue weighted by atomic mass is 16.1. The highest BCUT2D eigenvalue weighted by Crippen LogP contribution is 1.99. The molecule has 0 unspecified atom stereocenters. The Hall–Kier alpha value is -1.12. The normalized spacial score (nSPS) is 23.8. The molecule has 0 aromatic heterocycles. The maximum atomic E-state index is 11.0. The molecule has 0 radical (unpaired) electrons. The van der Waals surface area contributed by atoms with E-state index in [1.165, 1.54) is 12.4 Å². The molecule has 0 fully saturated rings. The quantitative estimate of drug-likeness (QED) is 0.542. The number of aliphatic imine (C=N–C) groups is 1. The second kappa shape index (κ2) is 2.44. The number of allylic oxidation sites excluding steroid dienone is 1. The molecule has 0 bridgehead atoms. The fraction of sp³-hybridized carbons (Fsp3) is 0.333. The van der Waals surface area contributed by atoms with Crippen LogP contribution in [-0.2, 0) is 4.79 Å². The van der Waals surface area contributed by atoms with Crippen LogP contribution < -0.4 is 5.32 Å². The number of likely N-dealkylation sites (N-methyl/N-ethyl adjacent to an activating group) is 1. The van der Waals surface area contributed by atoms with Crippen molar-refractivity contribution in [3.8, 4) is 0 Å². The third-order valence-electron chi connectivity index (χ3n) is 1.02. The lowest BCUT2D eigenvalue weighted by atomic mass is 10.2. The fourth-order valence-electron chi connectivity index (χ4n) is 0.547. The van der Waals surface area contributed by atoms with Gasteiger partial charge in [0, 0.05) is 23.7 Å². The van der Waals surface area contributed by atoms with Crippen molar-refractivity contribution >= 4 is 12.0 Å². The number of hydrogen-bond acceptors (Lipinski definition) is 3. The molecule has 0 aromatic carbocycles. The summed E-state index contributed by atoms with van der Waals surface area (Å²) in [5.41, 5.74) is 0.0532. The predicted molar refractivity (Wildman–Crippen MR) is 35.3 cm³/mol. The van der Waals surface area contributed by atoms with E-state index in [4.69, 9.17) is 4.11 Å². The lowest BCUT2D eigenvalue weighted by Crippen LogP contribution is -2.17. The van der Waals surface area contributed by atoms with E-state index < -0.39 is 6.98 Å². The van der Waals surface area contributed by atoms with Gasteiger partial charge in [0.15, 0.2) is 5.78 Å². The standard InChI is InChI=1S/C6H8N2O/c1-7-5-4-8-3-2-6(5)9/h3-4,7H,2H2,1H3/i1D3. The number of hydrogen-bond donors (Lipinski definition) is 1. The second-order valence-corrected chi connectivity index (χ2v) is 1.63. The van der Waals surface area contributed by atoms with Gasteiger partial charge in [-0.05, 0) is 0 Å². The van der Waals surface area contributed by atoms with Crippen LogP contribution in [0.3, 0.4) is 0 Å². The summed E-state index contributed by atoms with van der Waals surface area (Å²) in [6, 6.07) is 0. The van der Waals surface area contributed by atoms with Gasteiger partial charge in [-0.2, -0.15) is 0 Å². The molecule has 9 heavy (non-hydrogen) atoms. The van der Waals surface area contributed by atoms with E-state index in [-0.39, 0.29) is 17.9 Å². The summed E-state index contributed by atoms with van der Waals surface area (Å²) in [7, 11) is 0. The van der Waals surface area contributed by atoms with Gasteiger partial charge in [0.2, 0.25) is 0 Å². The SMILES string of the molecule is [2H]C([2H])([2H])NC1=CN=CCC1=O. The van der Waals surface area contributed by atoms with E-state index >= 15 is 0 Å². The molecule has 1 N–H and O–H groups in total. The van der Waals surface area contributed by atoms with Crippen LogP contribution in [0.15, 0.2) is 16.9 Å². The fourth-order valence-corrected chi connectivity index (χ4v) is 0.547. The molecule has 0 spiro atoms. The van der Waals surface area contributed by atoms with Crippen LogP contribution in [0.4, 0.5) is 0 Å². The van der Waals surface area contributed by atoms with E-state index in [9.17, 15) is 4.79 Å². The van der Waals surface area contributed by atoms with Gasteiger partial charge in [0.25, 0.3) is 0 Å². The van der Waals surface area contributed by atoms with E-state index in [1.54, 1.807) is 0 Å². The van der Waals surface area contributed by atoms with Crippen LogP contribution in [0.2, 0.25) is 0 Å². The summed E-state index contributed by atoms with van der Waals surface area (Å²) in [6.07, 6.45) is 2.82. The van der Waals surface area contributed by atoms with Crippen LogP contribution in [0.5, 0.6) is 0 Å². The van der Waals surface area contributed by atoms with Crippen LogP contribution in [0, 0.1) is 0 Å². The van der Waals surface area contributed by atoms with Crippen molar-refractivity contribution < 1.29 is 8.91 Å². The zero-order valence-corrected chi connectivity index (χ0v) is 4.72. The topological polar surface area (TPSA) is 41.5 Å². The zero-order chi connectivity index (χ0) is 9.19. The third kappa shape index (κ3) is 1.16. The molecule has 0 aliphatic carbocycles. The van der Waals surface area contributed by atoms with Gasteiger partial charge in [-0.1, -0.05) is 0 Å². The van der Waals surface area contributed by atoms with Gasteiger partial charge >= 0.3 is 0 Å². The van der Waals surface area contributed by atoms with E-state index in [2.05, 4.69) is 10.3 Å². The molecule has 0 saturated heterocycles. The lowest BCUT2D eigenvalue weighted by Gasteiger charge is -2.04. The summed E-state index contributed by atoms with van der Waals surface area (Å²) in [5, 5.41) is 2.11. The summed E-state index contributed by atoms with van der Waals surface area (Å²) in [6.45, 7) is -2.33. The van der Waals surface area contributed by atoms with Gasteiger partial charge < -0.3 is 5.32 Å². The second-order valence-electron chi connectivity index (χ2n) is 1.63. The smallest absolute Gasteiger partial charge is 0.185 e. The molecule has 1 heterocycles. The Morgan fingerprint density at radius 1 is 2.00 bits per heavy atom. The monoisotopic (exact) mass is 127 g/mol. The predicted octanol–water partition coefficient (Wildman–Crippen LogP) is 0.0908. The molecule has 3 heteroatoms. The average Bonchev–Trinajstić information content (AvgIpc) is 1.91. The van der Waals surface area contributed by atoms with Crippen molar-refractivity contribution in [3.63, 3.8) is 0 Å². The molecule has 48 valence electrons. The number of Topliss-reactive ketones (excluding diaryl/α,β-unsaturated/α-hetero) is 1. The van der Waals surface area contributed by atoms with Crippen LogP contribution in [-0.4, -0.2) is 19.0 Å². The molecule has 1 aliphatic rings. The molecule has 0 aromatic rings.